The highest BCUT2D eigenvalue weighted by Gasteiger charge is 2.14. The maximum Gasteiger partial charge on any atom is 0.178 e. The zero-order valence-electron chi connectivity index (χ0n) is 10.6. The van der Waals surface area contributed by atoms with Gasteiger partial charge in [0.25, 0.3) is 0 Å². The molecule has 18 heavy (non-hydrogen) atoms. The summed E-state index contributed by atoms with van der Waals surface area (Å²) in [5.74, 6) is 0.392. The van der Waals surface area contributed by atoms with Gasteiger partial charge in [0.15, 0.2) is 4.77 Å². The number of rotatable bonds is 3. The second-order valence-corrected chi connectivity index (χ2v) is 6.61. The maximum atomic E-state index is 13.7. The summed E-state index contributed by atoms with van der Waals surface area (Å²) in [7, 11) is 0. The topological polar surface area (TPSA) is 20.7 Å². The van der Waals surface area contributed by atoms with E-state index in [1.807, 2.05) is 27.2 Å². The number of nitrogens with zero attached hydrogens (tertiary/aromatic N) is 1. The van der Waals surface area contributed by atoms with E-state index in [1.165, 1.54) is 0 Å². The molecule has 0 aliphatic heterocycles. The third kappa shape index (κ3) is 2.61. The highest BCUT2D eigenvalue weighted by Crippen LogP contribution is 2.26. The number of aromatic amines is 1. The standard InChI is InChI=1S/C13H16FIN2S/c1-7(2)4-8(3)17-12-5-9(14)10(15)6-11(12)16-13(17)18/h5-8H,4H2,1-3H3,(H,16,18). The van der Waals surface area contributed by atoms with Crippen LogP contribution in [0.4, 0.5) is 4.39 Å². The van der Waals surface area contributed by atoms with Crippen LogP contribution in [-0.4, -0.2) is 9.55 Å². The fraction of sp³-hybridized carbons (Fsp3) is 0.462. The fourth-order valence-corrected chi connectivity index (χ4v) is 3.20. The van der Waals surface area contributed by atoms with E-state index in [-0.39, 0.29) is 11.9 Å². The average Bonchev–Trinajstić information content (AvgIpc) is 2.53. The third-order valence-corrected chi connectivity index (χ3v) is 4.14. The van der Waals surface area contributed by atoms with E-state index in [0.717, 1.165) is 17.5 Å². The first-order valence-corrected chi connectivity index (χ1v) is 7.48. The van der Waals surface area contributed by atoms with Crippen molar-refractivity contribution in [2.75, 3.05) is 0 Å². The molecule has 1 N–H and O–H groups in total. The van der Waals surface area contributed by atoms with E-state index >= 15 is 0 Å². The molecule has 0 bridgehead atoms. The Morgan fingerprint density at radius 3 is 2.67 bits per heavy atom. The van der Waals surface area contributed by atoms with Gasteiger partial charge in [0, 0.05) is 12.1 Å². The normalized spacial score (nSPS) is 13.4. The molecule has 0 radical (unpaired) electrons. The van der Waals surface area contributed by atoms with Crippen molar-refractivity contribution >= 4 is 45.8 Å². The van der Waals surface area contributed by atoms with E-state index in [0.29, 0.717) is 14.3 Å². The summed E-state index contributed by atoms with van der Waals surface area (Å²) in [4.78, 5) is 3.16. The van der Waals surface area contributed by atoms with Crippen molar-refractivity contribution in [3.63, 3.8) is 0 Å². The molecule has 0 amide bonds. The van der Waals surface area contributed by atoms with Crippen molar-refractivity contribution in [2.45, 2.75) is 33.2 Å². The number of aromatic nitrogens is 2. The summed E-state index contributed by atoms with van der Waals surface area (Å²) in [6.07, 6.45) is 1.02. The van der Waals surface area contributed by atoms with Gasteiger partial charge in [-0.05, 0) is 60.1 Å². The van der Waals surface area contributed by atoms with Gasteiger partial charge < -0.3 is 9.55 Å². The van der Waals surface area contributed by atoms with Crippen molar-refractivity contribution in [1.29, 1.82) is 0 Å². The molecule has 0 fully saturated rings. The molecule has 1 aromatic carbocycles. The van der Waals surface area contributed by atoms with Crippen LogP contribution < -0.4 is 0 Å². The van der Waals surface area contributed by atoms with Gasteiger partial charge in [-0.25, -0.2) is 4.39 Å². The first-order valence-electron chi connectivity index (χ1n) is 5.99. The number of imidazole rings is 1. The monoisotopic (exact) mass is 378 g/mol. The van der Waals surface area contributed by atoms with Gasteiger partial charge in [-0.1, -0.05) is 13.8 Å². The van der Waals surface area contributed by atoms with Crippen molar-refractivity contribution in [3.05, 3.63) is 26.3 Å². The SMILES string of the molecule is CC(C)CC(C)n1c(=S)[nH]c2cc(I)c(F)cc21. The van der Waals surface area contributed by atoms with Crippen LogP contribution in [0.2, 0.25) is 0 Å². The third-order valence-electron chi connectivity index (χ3n) is 3.01. The van der Waals surface area contributed by atoms with Crippen LogP contribution in [0.3, 0.4) is 0 Å². The van der Waals surface area contributed by atoms with E-state index < -0.39 is 0 Å². The highest BCUT2D eigenvalue weighted by atomic mass is 127. The van der Waals surface area contributed by atoms with Crippen LogP contribution >= 0.6 is 34.8 Å². The Hall–Kier alpha value is -0.430. The molecule has 5 heteroatoms. The summed E-state index contributed by atoms with van der Waals surface area (Å²) in [6, 6.07) is 3.64. The van der Waals surface area contributed by atoms with Gasteiger partial charge in [0.1, 0.15) is 5.82 Å². The maximum absolute atomic E-state index is 13.7. The van der Waals surface area contributed by atoms with Crippen molar-refractivity contribution < 1.29 is 4.39 Å². The van der Waals surface area contributed by atoms with Crippen LogP contribution in [0.25, 0.3) is 11.0 Å². The Morgan fingerprint density at radius 1 is 1.39 bits per heavy atom. The van der Waals surface area contributed by atoms with Gasteiger partial charge in [-0.15, -0.1) is 0 Å². The van der Waals surface area contributed by atoms with Crippen LogP contribution in [0.1, 0.15) is 33.2 Å². The first-order chi connectivity index (χ1) is 8.40. The Balaban J connectivity index is 2.60. The number of hydrogen-bond donors (Lipinski definition) is 1. The molecule has 1 aromatic heterocycles. The van der Waals surface area contributed by atoms with Gasteiger partial charge in [0.2, 0.25) is 0 Å². The Bertz CT molecular complexity index is 630. The molecule has 0 saturated heterocycles. The second-order valence-electron chi connectivity index (χ2n) is 5.06. The van der Waals surface area contributed by atoms with Crippen LogP contribution in [0.5, 0.6) is 0 Å². The van der Waals surface area contributed by atoms with Crippen molar-refractivity contribution in [2.24, 2.45) is 5.92 Å². The summed E-state index contributed by atoms with van der Waals surface area (Å²) in [5.41, 5.74) is 1.76. The summed E-state index contributed by atoms with van der Waals surface area (Å²) < 4.78 is 17.0. The van der Waals surface area contributed by atoms with Gasteiger partial charge >= 0.3 is 0 Å². The fourth-order valence-electron chi connectivity index (χ4n) is 2.35. The lowest BCUT2D eigenvalue weighted by molar-refractivity contribution is 0.432. The lowest BCUT2D eigenvalue weighted by Crippen LogP contribution is -2.08. The molecule has 0 aliphatic carbocycles. The highest BCUT2D eigenvalue weighted by molar-refractivity contribution is 14.1. The first kappa shape index (κ1) is 14.0. The van der Waals surface area contributed by atoms with Gasteiger partial charge in [-0.2, -0.15) is 0 Å². The van der Waals surface area contributed by atoms with Gasteiger partial charge in [0.05, 0.1) is 14.6 Å². The Morgan fingerprint density at radius 2 is 2.06 bits per heavy atom. The zero-order chi connectivity index (χ0) is 13.4. The second kappa shape index (κ2) is 5.28. The zero-order valence-corrected chi connectivity index (χ0v) is 13.6. The summed E-state index contributed by atoms with van der Waals surface area (Å²) >= 11 is 7.34. The van der Waals surface area contributed by atoms with E-state index in [2.05, 4.69) is 25.8 Å². The molecule has 0 aliphatic rings. The van der Waals surface area contributed by atoms with E-state index in [9.17, 15) is 4.39 Å². The molecule has 2 aromatic rings. The molecular weight excluding hydrogens is 362 g/mol. The van der Waals surface area contributed by atoms with Crippen LogP contribution in [-0.2, 0) is 0 Å². The number of nitrogens with one attached hydrogen (secondary N) is 1. The summed E-state index contributed by atoms with van der Waals surface area (Å²) in [5, 5.41) is 0. The molecule has 0 spiro atoms. The quantitative estimate of drug-likeness (QED) is 0.586. The number of H-pyrrole nitrogens is 1. The van der Waals surface area contributed by atoms with E-state index in [1.54, 1.807) is 12.1 Å². The average molecular weight is 378 g/mol. The lowest BCUT2D eigenvalue weighted by Gasteiger charge is -2.16. The molecule has 1 unspecified atom stereocenters. The molecule has 98 valence electrons. The number of halogens is 2. The molecule has 1 atom stereocenters. The smallest absolute Gasteiger partial charge is 0.178 e. The minimum Gasteiger partial charge on any atom is -0.331 e. The van der Waals surface area contributed by atoms with Gasteiger partial charge in [-0.3, -0.25) is 0 Å². The minimum atomic E-state index is -0.192. The van der Waals surface area contributed by atoms with Crippen LogP contribution in [0.15, 0.2) is 12.1 Å². The molecular formula is C13H16FIN2S. The van der Waals surface area contributed by atoms with E-state index in [4.69, 9.17) is 12.2 Å². The number of benzene rings is 1. The molecule has 2 rings (SSSR count). The van der Waals surface area contributed by atoms with Crippen molar-refractivity contribution in [1.82, 2.24) is 9.55 Å². The van der Waals surface area contributed by atoms with Crippen LogP contribution in [0, 0.1) is 20.1 Å². The largest absolute Gasteiger partial charge is 0.331 e. The number of hydrogen-bond acceptors (Lipinski definition) is 1. The predicted molar refractivity (Wildman–Crippen MR) is 84.0 cm³/mol. The number of fused-ring (bicyclic) bond motifs is 1. The Labute approximate surface area is 125 Å². The molecule has 0 saturated carbocycles. The lowest BCUT2D eigenvalue weighted by atomic mass is 10.1. The van der Waals surface area contributed by atoms with Crippen molar-refractivity contribution in [3.8, 4) is 0 Å². The Kier molecular flexibility index (Phi) is 4.11. The molecule has 1 heterocycles. The predicted octanol–water partition coefficient (Wildman–Crippen LogP) is 5.05. The minimum absolute atomic E-state index is 0.192. The molecule has 2 nitrogen and oxygen atoms in total. The summed E-state index contributed by atoms with van der Waals surface area (Å²) in [6.45, 7) is 6.48.